The molecule has 1 saturated heterocycles. The quantitative estimate of drug-likeness (QED) is 0.237. The van der Waals surface area contributed by atoms with Crippen LogP contribution in [0.2, 0.25) is 0 Å². The number of hydrogen-bond donors (Lipinski definition) is 2. The highest BCUT2D eigenvalue weighted by molar-refractivity contribution is 8.03. The predicted octanol–water partition coefficient (Wildman–Crippen LogP) is 3.10. The molecule has 4 heterocycles. The van der Waals surface area contributed by atoms with Crippen molar-refractivity contribution in [3.63, 3.8) is 0 Å². The molecule has 208 valence electrons. The molecule has 0 spiro atoms. The van der Waals surface area contributed by atoms with Gasteiger partial charge in [0, 0.05) is 10.5 Å². The second-order valence-corrected chi connectivity index (χ2v) is 11.4. The highest BCUT2D eigenvalue weighted by Gasteiger charge is 2.56. The van der Waals surface area contributed by atoms with E-state index in [2.05, 4.69) is 15.3 Å². The number of fused-ring (bicyclic) bond motifs is 2. The molecule has 0 aliphatic carbocycles. The summed E-state index contributed by atoms with van der Waals surface area (Å²) in [6.07, 6.45) is 0.185. The molecule has 0 bridgehead atoms. The summed E-state index contributed by atoms with van der Waals surface area (Å²) in [5.41, 5.74) is 1.39. The maximum Gasteiger partial charge on any atom is 0.333 e. The van der Waals surface area contributed by atoms with E-state index in [1.54, 1.807) is 47.9 Å². The number of ether oxygens (including phenoxy) is 2. The maximum atomic E-state index is 13.1. The van der Waals surface area contributed by atoms with Crippen molar-refractivity contribution in [1.29, 1.82) is 0 Å². The van der Waals surface area contributed by atoms with Crippen LogP contribution in [0.25, 0.3) is 22.3 Å². The van der Waals surface area contributed by atoms with Gasteiger partial charge in [-0.25, -0.2) is 9.78 Å². The standard InChI is InChI=1S/C29H24N4O6S2/c1-38-29(37)24-16(15-41-28-23(27(36)33(24)28)31-22(34)13-17-7-6-12-40-17)14-39-21-11-5-3-9-19(21)25-30-20-10-4-2-8-18(20)26(35)32-25/h2-12,15,23-24,28H,13-14H2,1H3,(H,31,34)(H,30,32,35). The van der Waals surface area contributed by atoms with E-state index in [0.717, 1.165) is 4.88 Å². The lowest BCUT2D eigenvalue weighted by atomic mass is 9.98. The average Bonchev–Trinajstić information content (AvgIpc) is 3.51. The van der Waals surface area contributed by atoms with E-state index in [4.69, 9.17) is 9.47 Å². The molecule has 2 aromatic heterocycles. The van der Waals surface area contributed by atoms with Crippen LogP contribution in [-0.4, -0.2) is 63.8 Å². The van der Waals surface area contributed by atoms with Gasteiger partial charge in [0.25, 0.3) is 5.56 Å². The zero-order valence-electron chi connectivity index (χ0n) is 21.7. The van der Waals surface area contributed by atoms with Gasteiger partial charge in [-0.1, -0.05) is 30.3 Å². The summed E-state index contributed by atoms with van der Waals surface area (Å²) in [6, 6.07) is 16.2. The number of H-pyrrole nitrogens is 1. The van der Waals surface area contributed by atoms with Crippen LogP contribution in [0.1, 0.15) is 4.88 Å². The Balaban J connectivity index is 1.21. The number of hydrogen-bond acceptors (Lipinski definition) is 9. The normalized spacial score (nSPS) is 19.6. The lowest BCUT2D eigenvalue weighted by molar-refractivity contribution is -0.161. The molecule has 4 aromatic rings. The molecule has 2 aliphatic heterocycles. The van der Waals surface area contributed by atoms with Crippen LogP contribution in [0, 0.1) is 0 Å². The first-order chi connectivity index (χ1) is 19.9. The van der Waals surface area contributed by atoms with E-state index in [9.17, 15) is 19.2 Å². The summed E-state index contributed by atoms with van der Waals surface area (Å²) in [5.74, 6) is -0.427. The van der Waals surface area contributed by atoms with E-state index in [-0.39, 0.29) is 30.4 Å². The number of β-lactam (4-membered cyclic amide) rings is 1. The van der Waals surface area contributed by atoms with Crippen LogP contribution < -0.4 is 15.6 Å². The first-order valence-electron chi connectivity index (χ1n) is 12.7. The van der Waals surface area contributed by atoms with E-state index in [0.29, 0.717) is 33.6 Å². The fourth-order valence-corrected chi connectivity index (χ4v) is 6.80. The molecule has 0 radical (unpaired) electrons. The number of nitrogens with zero attached hydrogens (tertiary/aromatic N) is 2. The van der Waals surface area contributed by atoms with Gasteiger partial charge in [0.05, 0.1) is 30.0 Å². The number of thioether (sulfide) groups is 1. The average molecular weight is 589 g/mol. The van der Waals surface area contributed by atoms with Gasteiger partial charge in [0.2, 0.25) is 11.8 Å². The SMILES string of the molecule is COC(=O)C1C(COc2ccccc2-c2nc3ccccc3c(=O)[nH]2)=CSC2C(NC(=O)Cc3cccs3)C(=O)N12. The van der Waals surface area contributed by atoms with Crippen molar-refractivity contribution < 1.29 is 23.9 Å². The molecule has 2 aliphatic rings. The van der Waals surface area contributed by atoms with Gasteiger partial charge in [-0.3, -0.25) is 14.4 Å². The van der Waals surface area contributed by atoms with Gasteiger partial charge in [-0.2, -0.15) is 0 Å². The van der Waals surface area contributed by atoms with Crippen LogP contribution in [0.3, 0.4) is 0 Å². The molecule has 1 fully saturated rings. The number of aromatic amines is 1. The number of para-hydroxylation sites is 2. The summed E-state index contributed by atoms with van der Waals surface area (Å²) in [6.45, 7) is -0.0203. The predicted molar refractivity (Wildman–Crippen MR) is 155 cm³/mol. The summed E-state index contributed by atoms with van der Waals surface area (Å²) >= 11 is 2.81. The lowest BCUT2D eigenvalue weighted by Crippen LogP contribution is -2.74. The van der Waals surface area contributed by atoms with Gasteiger partial charge in [0.1, 0.15) is 29.6 Å². The molecule has 3 atom stereocenters. The minimum absolute atomic E-state index is 0.0203. The number of benzene rings is 2. The number of amides is 2. The Bertz CT molecular complexity index is 1730. The summed E-state index contributed by atoms with van der Waals surface area (Å²) in [7, 11) is 1.26. The van der Waals surface area contributed by atoms with E-state index in [1.165, 1.54) is 35.1 Å². The van der Waals surface area contributed by atoms with E-state index in [1.807, 2.05) is 23.6 Å². The lowest BCUT2D eigenvalue weighted by Gasteiger charge is -2.51. The first kappa shape index (κ1) is 26.8. The summed E-state index contributed by atoms with van der Waals surface area (Å²) < 4.78 is 11.2. The molecule has 10 nitrogen and oxygen atoms in total. The second kappa shape index (κ2) is 11.2. The number of nitrogens with one attached hydrogen (secondary N) is 2. The van der Waals surface area contributed by atoms with Crippen LogP contribution in [0.5, 0.6) is 5.75 Å². The number of carbonyl (C=O) groups excluding carboxylic acids is 3. The number of methoxy groups -OCH3 is 1. The fraction of sp³-hybridized carbons (Fsp3) is 0.207. The molecule has 2 aromatic carbocycles. The zero-order chi connectivity index (χ0) is 28.5. The highest BCUT2D eigenvalue weighted by Crippen LogP contribution is 2.41. The molecule has 41 heavy (non-hydrogen) atoms. The van der Waals surface area contributed by atoms with Crippen LogP contribution in [0.4, 0.5) is 0 Å². The van der Waals surface area contributed by atoms with Crippen LogP contribution in [-0.2, 0) is 25.5 Å². The largest absolute Gasteiger partial charge is 0.488 e. The Labute approximate surface area is 242 Å². The van der Waals surface area contributed by atoms with Crippen molar-refractivity contribution in [2.24, 2.45) is 0 Å². The van der Waals surface area contributed by atoms with Gasteiger partial charge < -0.3 is 24.7 Å². The number of rotatable bonds is 8. The van der Waals surface area contributed by atoms with Gasteiger partial charge in [-0.05, 0) is 41.1 Å². The Morgan fingerprint density at radius 3 is 2.68 bits per heavy atom. The zero-order valence-corrected chi connectivity index (χ0v) is 23.4. The molecule has 2 N–H and O–H groups in total. The monoisotopic (exact) mass is 588 g/mol. The van der Waals surface area contributed by atoms with E-state index >= 15 is 0 Å². The van der Waals surface area contributed by atoms with Gasteiger partial charge in [0.15, 0.2) is 6.04 Å². The topological polar surface area (TPSA) is 131 Å². The molecule has 0 saturated carbocycles. The van der Waals surface area contributed by atoms with Crippen molar-refractivity contribution in [3.05, 3.63) is 92.3 Å². The fourth-order valence-electron chi connectivity index (χ4n) is 4.89. The second-order valence-electron chi connectivity index (χ2n) is 9.41. The Morgan fingerprint density at radius 1 is 1.07 bits per heavy atom. The molecule has 12 heteroatoms. The Kier molecular flexibility index (Phi) is 7.33. The third-order valence-corrected chi connectivity index (χ3v) is 8.97. The number of carbonyl (C=O) groups is 3. The number of esters is 1. The van der Waals surface area contributed by atoms with Crippen molar-refractivity contribution in [2.45, 2.75) is 23.9 Å². The molecular formula is C29H24N4O6S2. The van der Waals surface area contributed by atoms with Crippen molar-refractivity contribution in [1.82, 2.24) is 20.2 Å². The minimum Gasteiger partial charge on any atom is -0.488 e. The van der Waals surface area contributed by atoms with Crippen LogP contribution in [0.15, 0.2) is 81.8 Å². The smallest absolute Gasteiger partial charge is 0.333 e. The Hall–Kier alpha value is -4.42. The molecule has 6 rings (SSSR count). The third kappa shape index (κ3) is 5.11. The number of thiophene rings is 1. The Morgan fingerprint density at radius 2 is 1.88 bits per heavy atom. The van der Waals surface area contributed by atoms with Crippen molar-refractivity contribution in [2.75, 3.05) is 13.7 Å². The summed E-state index contributed by atoms with van der Waals surface area (Å²) in [5, 5.41) is 6.52. The molecule has 2 amide bonds. The highest BCUT2D eigenvalue weighted by atomic mass is 32.2. The van der Waals surface area contributed by atoms with Gasteiger partial charge in [-0.15, -0.1) is 23.1 Å². The minimum atomic E-state index is -0.991. The first-order valence-corrected chi connectivity index (χ1v) is 14.5. The summed E-state index contributed by atoms with van der Waals surface area (Å²) in [4.78, 5) is 60.9. The van der Waals surface area contributed by atoms with Gasteiger partial charge >= 0.3 is 5.97 Å². The maximum absolute atomic E-state index is 13.1. The molecule has 3 unspecified atom stereocenters. The van der Waals surface area contributed by atoms with Crippen molar-refractivity contribution >= 4 is 51.8 Å². The van der Waals surface area contributed by atoms with E-state index < -0.39 is 23.4 Å². The molecular weight excluding hydrogens is 564 g/mol. The van der Waals surface area contributed by atoms with Crippen molar-refractivity contribution in [3.8, 4) is 17.1 Å². The third-order valence-electron chi connectivity index (χ3n) is 6.87. The van der Waals surface area contributed by atoms with Crippen LogP contribution >= 0.6 is 23.1 Å². The number of aromatic nitrogens is 2.